The average Bonchev–Trinajstić information content (AvgIpc) is 3.96. The normalized spacial score (nSPS) is 12.2. The summed E-state index contributed by atoms with van der Waals surface area (Å²) in [4.78, 5) is 5.00. The maximum absolute atomic E-state index is 4.81. The second-order valence-electron chi connectivity index (χ2n) is 13.2. The molecule has 7 aromatic rings. The highest BCUT2D eigenvalue weighted by molar-refractivity contribution is 7.31. The van der Waals surface area contributed by atoms with Gasteiger partial charge in [-0.2, -0.15) is 8.75 Å². The summed E-state index contributed by atoms with van der Waals surface area (Å²) in [5.41, 5.74) is 6.84. The molecule has 0 aliphatic heterocycles. The Kier molecular flexibility index (Phi) is 12.0. The number of rotatable bonds is 16. The molecule has 5 heterocycles. The van der Waals surface area contributed by atoms with Gasteiger partial charge in [0.2, 0.25) is 0 Å². The van der Waals surface area contributed by atoms with Crippen LogP contribution in [0.4, 0.5) is 5.69 Å². The lowest BCUT2D eigenvalue weighted by Crippen LogP contribution is -2.01. The SMILES string of the molecule is CCCCCCCCNc1ccc(-c2cc3sc(-c4ccc(-c5cc6sc(C#CCC(CC)CCCC)cc6s5)c5nsnc45)cc3s2)cc1. The third-order valence-electron chi connectivity index (χ3n) is 9.53. The third kappa shape index (κ3) is 8.19. The number of unbranched alkanes of at least 4 members (excludes halogenated alkanes) is 6. The van der Waals surface area contributed by atoms with E-state index in [0.717, 1.165) is 29.9 Å². The molecule has 0 saturated carbocycles. The first-order valence-corrected chi connectivity index (χ1v) is 22.3. The number of benzene rings is 2. The van der Waals surface area contributed by atoms with Gasteiger partial charge in [0.15, 0.2) is 0 Å². The van der Waals surface area contributed by atoms with Crippen LogP contribution in [0.25, 0.3) is 61.2 Å². The summed E-state index contributed by atoms with van der Waals surface area (Å²) in [6.45, 7) is 7.88. The number of hydrogen-bond acceptors (Lipinski definition) is 8. The van der Waals surface area contributed by atoms with Crippen LogP contribution in [-0.4, -0.2) is 15.3 Å². The zero-order valence-corrected chi connectivity index (χ0v) is 33.4. The summed E-state index contributed by atoms with van der Waals surface area (Å²) in [7, 11) is 0. The second-order valence-corrected chi connectivity index (χ2v) is 18.1. The van der Waals surface area contributed by atoms with Gasteiger partial charge in [0.1, 0.15) is 11.0 Å². The molecule has 3 nitrogen and oxygen atoms in total. The van der Waals surface area contributed by atoms with Crippen molar-refractivity contribution in [3.63, 3.8) is 0 Å². The number of hydrogen-bond donors (Lipinski definition) is 1. The molecule has 0 bridgehead atoms. The number of anilines is 1. The van der Waals surface area contributed by atoms with Gasteiger partial charge in [-0.25, -0.2) is 0 Å². The van der Waals surface area contributed by atoms with Crippen molar-refractivity contribution in [3.8, 4) is 43.2 Å². The van der Waals surface area contributed by atoms with Crippen molar-refractivity contribution < 1.29 is 0 Å². The molecular formula is C42H45N3S5. The van der Waals surface area contributed by atoms with Crippen molar-refractivity contribution in [2.45, 2.75) is 91.4 Å². The smallest absolute Gasteiger partial charge is 0.114 e. The minimum Gasteiger partial charge on any atom is -0.385 e. The van der Waals surface area contributed by atoms with Gasteiger partial charge in [0.05, 0.1) is 16.6 Å². The highest BCUT2D eigenvalue weighted by Crippen LogP contribution is 2.46. The summed E-state index contributed by atoms with van der Waals surface area (Å²) in [5.74, 6) is 7.67. The van der Waals surface area contributed by atoms with E-state index in [1.54, 1.807) is 0 Å². The number of nitrogens with zero attached hydrogens (tertiary/aromatic N) is 2. The minimum absolute atomic E-state index is 0.722. The maximum atomic E-state index is 4.81. The molecule has 50 heavy (non-hydrogen) atoms. The van der Waals surface area contributed by atoms with Crippen molar-refractivity contribution in [1.82, 2.24) is 8.75 Å². The van der Waals surface area contributed by atoms with E-state index in [-0.39, 0.29) is 0 Å². The third-order valence-corrected chi connectivity index (χ3v) is 14.7. The van der Waals surface area contributed by atoms with Crippen LogP contribution in [0.15, 0.2) is 60.7 Å². The van der Waals surface area contributed by atoms with Crippen molar-refractivity contribution in [2.24, 2.45) is 5.92 Å². The molecule has 7 rings (SSSR count). The fraction of sp³-hybridized carbons (Fsp3) is 0.381. The van der Waals surface area contributed by atoms with Crippen LogP contribution in [0, 0.1) is 17.8 Å². The number of fused-ring (bicyclic) bond motifs is 3. The first kappa shape index (κ1) is 35.3. The molecule has 0 aliphatic rings. The van der Waals surface area contributed by atoms with Crippen LogP contribution in [0.1, 0.15) is 96.3 Å². The highest BCUT2D eigenvalue weighted by atomic mass is 32.1. The maximum Gasteiger partial charge on any atom is 0.114 e. The van der Waals surface area contributed by atoms with E-state index in [4.69, 9.17) is 8.75 Å². The minimum atomic E-state index is 0.722. The van der Waals surface area contributed by atoms with Crippen molar-refractivity contribution in [2.75, 3.05) is 11.9 Å². The first-order valence-electron chi connectivity index (χ1n) is 18.3. The molecule has 0 spiro atoms. The van der Waals surface area contributed by atoms with Gasteiger partial charge in [0, 0.05) is 63.2 Å². The lowest BCUT2D eigenvalue weighted by atomic mass is 9.96. The van der Waals surface area contributed by atoms with Gasteiger partial charge in [-0.1, -0.05) is 108 Å². The van der Waals surface area contributed by atoms with Gasteiger partial charge in [-0.3, -0.25) is 0 Å². The average molecular weight is 752 g/mol. The van der Waals surface area contributed by atoms with Gasteiger partial charge < -0.3 is 5.32 Å². The van der Waals surface area contributed by atoms with E-state index in [2.05, 4.69) is 98.6 Å². The number of nitrogens with one attached hydrogen (secondary N) is 1. The molecule has 0 fully saturated rings. The molecule has 0 amide bonds. The standard InChI is InChI=1S/C42H45N3S5/c1-4-7-9-10-11-12-23-43-30-19-17-29(18-20-30)34-25-39-40(47-34)27-36(49-39)33-22-21-32(41-42(33)45-50-44-41)35-26-38-37(48-35)24-31(46-38)16-13-15-28(6-3)14-8-5-2/h17-22,24-28,43H,4-12,14-15,23H2,1-3H3. The molecule has 5 aromatic heterocycles. The lowest BCUT2D eigenvalue weighted by Gasteiger charge is -2.09. The van der Waals surface area contributed by atoms with E-state index in [9.17, 15) is 0 Å². The van der Waals surface area contributed by atoms with Crippen LogP contribution < -0.4 is 5.32 Å². The molecular weight excluding hydrogens is 707 g/mol. The zero-order valence-electron chi connectivity index (χ0n) is 29.3. The van der Waals surface area contributed by atoms with E-state index in [1.807, 2.05) is 45.3 Å². The fourth-order valence-corrected chi connectivity index (χ4v) is 11.8. The Morgan fingerprint density at radius 3 is 1.90 bits per heavy atom. The van der Waals surface area contributed by atoms with Gasteiger partial charge in [-0.05, 0) is 60.7 Å². The van der Waals surface area contributed by atoms with Crippen molar-refractivity contribution in [3.05, 3.63) is 65.5 Å². The van der Waals surface area contributed by atoms with E-state index >= 15 is 0 Å². The molecule has 1 atom stereocenters. The monoisotopic (exact) mass is 751 g/mol. The molecule has 8 heteroatoms. The molecule has 0 saturated heterocycles. The predicted molar refractivity (Wildman–Crippen MR) is 227 cm³/mol. The van der Waals surface area contributed by atoms with Gasteiger partial charge in [0.25, 0.3) is 0 Å². The molecule has 258 valence electrons. The Labute approximate surface area is 317 Å². The fourth-order valence-electron chi connectivity index (χ4n) is 6.52. The van der Waals surface area contributed by atoms with E-state index < -0.39 is 0 Å². The summed E-state index contributed by atoms with van der Waals surface area (Å²) in [6.07, 6.45) is 14.0. The topological polar surface area (TPSA) is 37.8 Å². The Morgan fingerprint density at radius 1 is 0.640 bits per heavy atom. The molecule has 1 N–H and O–H groups in total. The Hall–Kier alpha value is -3.06. The number of aromatic nitrogens is 2. The van der Waals surface area contributed by atoms with Crippen LogP contribution in [-0.2, 0) is 0 Å². The molecule has 0 aliphatic carbocycles. The van der Waals surface area contributed by atoms with Gasteiger partial charge in [-0.15, -0.1) is 45.3 Å². The van der Waals surface area contributed by atoms with Crippen LogP contribution in [0.5, 0.6) is 0 Å². The second kappa shape index (κ2) is 17.0. The summed E-state index contributed by atoms with van der Waals surface area (Å²) in [6, 6.07) is 22.7. The molecule has 2 aromatic carbocycles. The lowest BCUT2D eigenvalue weighted by molar-refractivity contribution is 0.462. The van der Waals surface area contributed by atoms with E-state index in [0.29, 0.717) is 0 Å². The van der Waals surface area contributed by atoms with E-state index in [1.165, 1.54) is 137 Å². The van der Waals surface area contributed by atoms with Crippen LogP contribution in [0.2, 0.25) is 0 Å². The summed E-state index contributed by atoms with van der Waals surface area (Å²) >= 11 is 8.69. The van der Waals surface area contributed by atoms with Crippen molar-refractivity contribution >= 4 is 92.6 Å². The summed E-state index contributed by atoms with van der Waals surface area (Å²) < 4.78 is 14.9. The first-order chi connectivity index (χ1) is 24.6. The highest BCUT2D eigenvalue weighted by Gasteiger charge is 2.18. The van der Waals surface area contributed by atoms with Gasteiger partial charge >= 0.3 is 0 Å². The zero-order chi connectivity index (χ0) is 34.3. The molecule has 0 radical (unpaired) electrons. The van der Waals surface area contributed by atoms with Crippen molar-refractivity contribution in [1.29, 1.82) is 0 Å². The summed E-state index contributed by atoms with van der Waals surface area (Å²) in [5, 5.41) is 3.60. The largest absolute Gasteiger partial charge is 0.385 e. The van der Waals surface area contributed by atoms with Crippen LogP contribution >= 0.6 is 57.1 Å². The molecule has 1 unspecified atom stereocenters. The Balaban J connectivity index is 1.03. The Bertz CT molecular complexity index is 2150. The number of thiophene rings is 4. The quantitative estimate of drug-likeness (QED) is 0.0789. The predicted octanol–water partition coefficient (Wildman–Crippen LogP) is 15.0. The van der Waals surface area contributed by atoms with Crippen LogP contribution in [0.3, 0.4) is 0 Å². The Morgan fingerprint density at radius 2 is 1.24 bits per heavy atom.